The predicted octanol–water partition coefficient (Wildman–Crippen LogP) is -0.0159. The topological polar surface area (TPSA) is 24.4 Å². The molecule has 0 spiro atoms. The van der Waals surface area contributed by atoms with Gasteiger partial charge in [-0.25, -0.2) is 0 Å². The first-order valence-corrected chi connectivity index (χ1v) is 1.88. The molecule has 1 aliphatic rings. The Bertz CT molecular complexity index is 97.0. The van der Waals surface area contributed by atoms with Crippen LogP contribution in [0.4, 0.5) is 0 Å². The smallest absolute Gasteiger partial charge is 0.227 e. The van der Waals surface area contributed by atoms with E-state index >= 15 is 0 Å². The van der Waals surface area contributed by atoms with Crippen molar-refractivity contribution in [3.8, 4) is 0 Å². The second-order valence-corrected chi connectivity index (χ2v) is 1.30. The van der Waals surface area contributed by atoms with Gasteiger partial charge in [0, 0.05) is 0 Å². The van der Waals surface area contributed by atoms with Crippen molar-refractivity contribution in [3.63, 3.8) is 0 Å². The van der Waals surface area contributed by atoms with Gasteiger partial charge in [0.05, 0.1) is 6.21 Å². The number of hydrogen-bond donors (Lipinski definition) is 1. The lowest BCUT2D eigenvalue weighted by atomic mass is 10.8. The Hall–Kier alpha value is -0.440. The fourth-order valence-corrected chi connectivity index (χ4v) is 0.309. The van der Waals surface area contributed by atoms with Gasteiger partial charge >= 0.3 is 0 Å². The Morgan fingerprint density at radius 3 is 3.00 bits per heavy atom. The van der Waals surface area contributed by atoms with Gasteiger partial charge in [0.15, 0.2) is 0 Å². The van der Waals surface area contributed by atoms with E-state index in [1.54, 1.807) is 0 Å². The molecule has 1 aliphatic heterocycles. The van der Waals surface area contributed by atoms with Gasteiger partial charge in [-0.15, -0.1) is 0 Å². The molecule has 0 aromatic carbocycles. The maximum atomic E-state index is 4.60. The number of aliphatic imine (C=N–C) groups is 1. The Labute approximate surface area is 41.3 Å². The van der Waals surface area contributed by atoms with Crippen LogP contribution in [-0.4, -0.2) is 11.2 Å². The zero-order valence-corrected chi connectivity index (χ0v) is 3.75. The van der Waals surface area contributed by atoms with E-state index in [-0.39, 0.29) is 0 Å². The maximum Gasteiger partial charge on any atom is 0.227 e. The Kier molecular flexibility index (Phi) is 0.837. The van der Waals surface area contributed by atoms with E-state index in [2.05, 4.69) is 29.2 Å². The lowest BCUT2D eigenvalue weighted by Gasteiger charge is -1.79. The van der Waals surface area contributed by atoms with Crippen LogP contribution in [0, 0.1) is 6.67 Å². The van der Waals surface area contributed by atoms with E-state index in [1.165, 1.54) is 6.21 Å². The summed E-state index contributed by atoms with van der Waals surface area (Å²) in [5, 5.41) is 2.58. The third-order valence-electron chi connectivity index (χ3n) is 0.425. The van der Waals surface area contributed by atoms with Crippen molar-refractivity contribution >= 4 is 23.4 Å². The molecule has 0 saturated heterocycles. The van der Waals surface area contributed by atoms with Crippen LogP contribution in [0.5, 0.6) is 0 Å². The van der Waals surface area contributed by atoms with Crippen molar-refractivity contribution < 1.29 is 0 Å². The minimum atomic E-state index is 0.634. The first-order valence-electron chi connectivity index (χ1n) is 1.47. The summed E-state index contributed by atoms with van der Waals surface area (Å²) in [7, 11) is 0. The first kappa shape index (κ1) is 3.74. The first-order chi connectivity index (χ1) is 2.89. The highest BCUT2D eigenvalue weighted by molar-refractivity contribution is 7.81. The second kappa shape index (κ2) is 1.34. The molecule has 0 amide bonds. The van der Waals surface area contributed by atoms with E-state index < -0.39 is 0 Å². The van der Waals surface area contributed by atoms with Crippen molar-refractivity contribution in [2.45, 2.75) is 0 Å². The Morgan fingerprint density at radius 2 is 2.83 bits per heavy atom. The van der Waals surface area contributed by atoms with Gasteiger partial charge in [-0.05, 0) is 0 Å². The normalized spacial score (nSPS) is 18.3. The lowest BCUT2D eigenvalue weighted by molar-refractivity contribution is 1.14. The summed E-state index contributed by atoms with van der Waals surface area (Å²) >= 11 is 4.60. The van der Waals surface area contributed by atoms with Crippen LogP contribution in [0.25, 0.3) is 0 Å². The van der Waals surface area contributed by atoms with Gasteiger partial charge in [-0.2, -0.15) is 0 Å². The molecule has 2 radical (unpaired) electrons. The van der Waals surface area contributed by atoms with E-state index in [4.69, 9.17) is 0 Å². The van der Waals surface area contributed by atoms with Gasteiger partial charge in [-0.3, -0.25) is 4.99 Å². The standard InChI is InChI=1S/C3H2N2S/c6-3-1-4-2-5-3/h1H,(H,5,6). The van der Waals surface area contributed by atoms with Gasteiger partial charge in [0.1, 0.15) is 4.99 Å². The van der Waals surface area contributed by atoms with E-state index in [0.29, 0.717) is 4.99 Å². The zero-order chi connectivity index (χ0) is 4.41. The van der Waals surface area contributed by atoms with Gasteiger partial charge in [-0.1, -0.05) is 12.2 Å². The maximum absolute atomic E-state index is 4.60. The second-order valence-electron chi connectivity index (χ2n) is 0.859. The van der Waals surface area contributed by atoms with Crippen LogP contribution in [-0.2, 0) is 0 Å². The summed E-state index contributed by atoms with van der Waals surface area (Å²) in [5.41, 5.74) is 0. The lowest BCUT2D eigenvalue weighted by Crippen LogP contribution is -2.10. The molecule has 1 heterocycles. The molecule has 1 N–H and O–H groups in total. The molecule has 0 bridgehead atoms. The highest BCUT2D eigenvalue weighted by Crippen LogP contribution is 1.81. The van der Waals surface area contributed by atoms with Gasteiger partial charge < -0.3 is 5.32 Å². The van der Waals surface area contributed by atoms with Gasteiger partial charge in [0.25, 0.3) is 0 Å². The molecule has 3 heteroatoms. The van der Waals surface area contributed by atoms with Crippen molar-refractivity contribution in [2.75, 3.05) is 0 Å². The molecule has 30 valence electrons. The van der Waals surface area contributed by atoms with Crippen LogP contribution in [0.2, 0.25) is 0 Å². The molecule has 0 atom stereocenters. The number of rotatable bonds is 0. The summed E-state index contributed by atoms with van der Waals surface area (Å²) in [6, 6.07) is 0. The average Bonchev–Trinajstić information content (AvgIpc) is 1.86. The van der Waals surface area contributed by atoms with Crippen LogP contribution < -0.4 is 5.32 Å². The van der Waals surface area contributed by atoms with E-state index in [9.17, 15) is 0 Å². The van der Waals surface area contributed by atoms with Crippen LogP contribution in [0.15, 0.2) is 4.99 Å². The summed E-state index contributed by atoms with van der Waals surface area (Å²) in [6.07, 6.45) is 1.54. The Balaban J connectivity index is 2.59. The minimum Gasteiger partial charge on any atom is -0.344 e. The highest BCUT2D eigenvalue weighted by atomic mass is 32.1. The molecule has 1 rings (SSSR count). The van der Waals surface area contributed by atoms with Crippen molar-refractivity contribution in [1.29, 1.82) is 0 Å². The average molecular weight is 98.1 g/mol. The van der Waals surface area contributed by atoms with Crippen molar-refractivity contribution in [1.82, 2.24) is 5.32 Å². The Morgan fingerprint density at radius 1 is 2.00 bits per heavy atom. The minimum absolute atomic E-state index is 0.634. The monoisotopic (exact) mass is 98.0 g/mol. The molecule has 0 aromatic rings. The number of thiocarbonyl (C=S) groups is 1. The molecule has 0 unspecified atom stereocenters. The third kappa shape index (κ3) is 0.542. The number of nitrogens with one attached hydrogen (secondary N) is 1. The SMILES string of the molecule is S=C1C=N[C]N1. The molecule has 0 aromatic heterocycles. The molecule has 2 nitrogen and oxygen atoms in total. The zero-order valence-electron chi connectivity index (χ0n) is 2.93. The fourth-order valence-electron chi connectivity index (χ4n) is 0.211. The van der Waals surface area contributed by atoms with Gasteiger partial charge in [0.2, 0.25) is 6.67 Å². The summed E-state index contributed by atoms with van der Waals surface area (Å²) in [6.45, 7) is 2.45. The largest absolute Gasteiger partial charge is 0.344 e. The molecular formula is C3H2N2S. The number of hydrogen-bond acceptors (Lipinski definition) is 2. The summed E-state index contributed by atoms with van der Waals surface area (Å²) in [5.74, 6) is 0. The van der Waals surface area contributed by atoms with Crippen molar-refractivity contribution in [2.24, 2.45) is 4.99 Å². The predicted molar refractivity (Wildman–Crippen MR) is 27.5 cm³/mol. The van der Waals surface area contributed by atoms with E-state index in [1.807, 2.05) is 0 Å². The molecule has 0 saturated carbocycles. The molecular weight excluding hydrogens is 96.1 g/mol. The van der Waals surface area contributed by atoms with Crippen LogP contribution >= 0.6 is 12.2 Å². The molecule has 0 fully saturated rings. The summed E-state index contributed by atoms with van der Waals surface area (Å²) < 4.78 is 0. The highest BCUT2D eigenvalue weighted by Gasteiger charge is 1.94. The number of nitrogens with zero attached hydrogens (tertiary/aromatic N) is 1. The molecule has 0 aliphatic carbocycles. The third-order valence-corrected chi connectivity index (χ3v) is 0.633. The fraction of sp³-hybridized carbons (Fsp3) is 0. The van der Waals surface area contributed by atoms with Crippen molar-refractivity contribution in [3.05, 3.63) is 6.67 Å². The quantitative estimate of drug-likeness (QED) is 0.431. The van der Waals surface area contributed by atoms with Crippen LogP contribution in [0.1, 0.15) is 0 Å². The summed E-state index contributed by atoms with van der Waals surface area (Å²) in [4.78, 5) is 4.17. The van der Waals surface area contributed by atoms with Crippen LogP contribution in [0.3, 0.4) is 0 Å². The molecule has 6 heavy (non-hydrogen) atoms. The van der Waals surface area contributed by atoms with E-state index in [0.717, 1.165) is 0 Å².